The van der Waals surface area contributed by atoms with Gasteiger partial charge in [0.05, 0.1) is 17.5 Å². The summed E-state index contributed by atoms with van der Waals surface area (Å²) in [5.74, 6) is 1.61. The zero-order valence-corrected chi connectivity index (χ0v) is 11.8. The third kappa shape index (κ3) is 2.51. The van der Waals surface area contributed by atoms with E-state index < -0.39 is 0 Å². The highest BCUT2D eigenvalue weighted by molar-refractivity contribution is 6.16. The highest BCUT2D eigenvalue weighted by Crippen LogP contribution is 2.24. The standard InChI is InChI=1S/C16H11ClN4/c17-10-15-19-20-16(13-6-4-5-12(9-13)11-18)21(15)14-7-2-1-3-8-14/h1-9H,10H2. The van der Waals surface area contributed by atoms with E-state index in [2.05, 4.69) is 16.3 Å². The van der Waals surface area contributed by atoms with Gasteiger partial charge in [-0.05, 0) is 24.3 Å². The zero-order chi connectivity index (χ0) is 14.7. The lowest BCUT2D eigenvalue weighted by Crippen LogP contribution is -2.01. The van der Waals surface area contributed by atoms with E-state index in [1.54, 1.807) is 12.1 Å². The van der Waals surface area contributed by atoms with E-state index in [-0.39, 0.29) is 5.88 Å². The molecule has 0 fully saturated rings. The molecule has 0 aliphatic carbocycles. The first-order valence-corrected chi connectivity index (χ1v) is 6.93. The van der Waals surface area contributed by atoms with E-state index >= 15 is 0 Å². The second kappa shape index (κ2) is 5.78. The van der Waals surface area contributed by atoms with Crippen LogP contribution in [0.15, 0.2) is 54.6 Å². The lowest BCUT2D eigenvalue weighted by Gasteiger charge is -2.09. The first-order chi connectivity index (χ1) is 10.3. The minimum Gasteiger partial charge on any atom is -0.278 e. The molecule has 0 atom stereocenters. The molecule has 2 aromatic carbocycles. The van der Waals surface area contributed by atoms with Gasteiger partial charge in [-0.2, -0.15) is 5.26 Å². The van der Waals surface area contributed by atoms with Crippen molar-refractivity contribution in [2.24, 2.45) is 0 Å². The summed E-state index contributed by atoms with van der Waals surface area (Å²) in [6.45, 7) is 0. The minimum absolute atomic E-state index is 0.264. The average molecular weight is 295 g/mol. The molecule has 0 spiro atoms. The molecule has 0 N–H and O–H groups in total. The molecule has 1 aromatic heterocycles. The number of alkyl halides is 1. The van der Waals surface area contributed by atoms with Crippen LogP contribution in [0.25, 0.3) is 17.1 Å². The Balaban J connectivity index is 2.20. The van der Waals surface area contributed by atoms with Crippen molar-refractivity contribution in [3.05, 3.63) is 66.0 Å². The molecule has 1 heterocycles. The molecule has 3 aromatic rings. The quantitative estimate of drug-likeness (QED) is 0.694. The van der Waals surface area contributed by atoms with Gasteiger partial charge in [0.25, 0.3) is 0 Å². The van der Waals surface area contributed by atoms with Gasteiger partial charge in [-0.15, -0.1) is 21.8 Å². The van der Waals surface area contributed by atoms with Crippen LogP contribution in [0.3, 0.4) is 0 Å². The van der Waals surface area contributed by atoms with Crippen molar-refractivity contribution >= 4 is 11.6 Å². The van der Waals surface area contributed by atoms with Crippen LogP contribution in [0.1, 0.15) is 11.4 Å². The Morgan fingerprint density at radius 2 is 1.86 bits per heavy atom. The highest BCUT2D eigenvalue weighted by atomic mass is 35.5. The van der Waals surface area contributed by atoms with Crippen LogP contribution in [0.5, 0.6) is 0 Å². The Kier molecular flexibility index (Phi) is 3.67. The molecule has 102 valence electrons. The van der Waals surface area contributed by atoms with Crippen molar-refractivity contribution in [3.8, 4) is 23.1 Å². The maximum absolute atomic E-state index is 9.03. The fraction of sp³-hybridized carbons (Fsp3) is 0.0625. The largest absolute Gasteiger partial charge is 0.278 e. The summed E-state index contributed by atoms with van der Waals surface area (Å²) in [5, 5.41) is 17.4. The molecule has 0 aliphatic heterocycles. The fourth-order valence-electron chi connectivity index (χ4n) is 2.17. The summed E-state index contributed by atoms with van der Waals surface area (Å²) in [7, 11) is 0. The fourth-order valence-corrected chi connectivity index (χ4v) is 2.34. The van der Waals surface area contributed by atoms with Gasteiger partial charge in [-0.1, -0.05) is 30.3 Å². The molecule has 5 heteroatoms. The van der Waals surface area contributed by atoms with Crippen molar-refractivity contribution in [2.75, 3.05) is 0 Å². The Labute approximate surface area is 127 Å². The number of rotatable bonds is 3. The summed E-state index contributed by atoms with van der Waals surface area (Å²) in [6, 6.07) is 19.2. The first kappa shape index (κ1) is 13.3. The number of aromatic nitrogens is 3. The Morgan fingerprint density at radius 1 is 1.05 bits per heavy atom. The summed E-state index contributed by atoms with van der Waals surface area (Å²) < 4.78 is 1.91. The van der Waals surface area contributed by atoms with Crippen molar-refractivity contribution in [1.29, 1.82) is 5.26 Å². The average Bonchev–Trinajstić information content (AvgIpc) is 2.99. The number of nitriles is 1. The molecule has 0 saturated heterocycles. The summed E-state index contributed by atoms with van der Waals surface area (Å²) in [6.07, 6.45) is 0. The number of hydrogen-bond acceptors (Lipinski definition) is 3. The summed E-state index contributed by atoms with van der Waals surface area (Å²) in [4.78, 5) is 0. The SMILES string of the molecule is N#Cc1cccc(-c2nnc(CCl)n2-c2ccccc2)c1. The van der Waals surface area contributed by atoms with Gasteiger partial charge in [0.15, 0.2) is 11.6 Å². The van der Waals surface area contributed by atoms with Crippen LogP contribution < -0.4 is 0 Å². The molecule has 0 radical (unpaired) electrons. The van der Waals surface area contributed by atoms with Crippen LogP contribution in [-0.2, 0) is 5.88 Å². The maximum atomic E-state index is 9.03. The van der Waals surface area contributed by atoms with Crippen LogP contribution in [-0.4, -0.2) is 14.8 Å². The molecular formula is C16H11ClN4. The van der Waals surface area contributed by atoms with E-state index in [4.69, 9.17) is 16.9 Å². The van der Waals surface area contributed by atoms with E-state index in [9.17, 15) is 0 Å². The Bertz CT molecular complexity index is 803. The summed E-state index contributed by atoms with van der Waals surface area (Å²) >= 11 is 5.97. The Hall–Kier alpha value is -2.64. The van der Waals surface area contributed by atoms with E-state index in [1.165, 1.54) is 0 Å². The van der Waals surface area contributed by atoms with Crippen molar-refractivity contribution in [2.45, 2.75) is 5.88 Å². The second-order valence-corrected chi connectivity index (χ2v) is 4.70. The molecule has 21 heavy (non-hydrogen) atoms. The molecule has 0 bridgehead atoms. The predicted octanol–water partition coefficient (Wildman–Crippen LogP) is 3.54. The van der Waals surface area contributed by atoms with Crippen LogP contribution >= 0.6 is 11.6 Å². The van der Waals surface area contributed by atoms with Gasteiger partial charge >= 0.3 is 0 Å². The number of halogens is 1. The molecule has 4 nitrogen and oxygen atoms in total. The van der Waals surface area contributed by atoms with Gasteiger partial charge in [0.2, 0.25) is 0 Å². The van der Waals surface area contributed by atoms with Gasteiger partial charge in [-0.25, -0.2) is 0 Å². The second-order valence-electron chi connectivity index (χ2n) is 4.44. The van der Waals surface area contributed by atoms with Gasteiger partial charge in [-0.3, -0.25) is 4.57 Å². The van der Waals surface area contributed by atoms with Crippen LogP contribution in [0.4, 0.5) is 0 Å². The third-order valence-corrected chi connectivity index (χ3v) is 3.35. The van der Waals surface area contributed by atoms with Crippen LogP contribution in [0, 0.1) is 11.3 Å². The van der Waals surface area contributed by atoms with E-state index in [0.717, 1.165) is 11.3 Å². The zero-order valence-electron chi connectivity index (χ0n) is 11.1. The normalized spacial score (nSPS) is 10.3. The monoisotopic (exact) mass is 294 g/mol. The third-order valence-electron chi connectivity index (χ3n) is 3.11. The number of hydrogen-bond donors (Lipinski definition) is 0. The predicted molar refractivity (Wildman–Crippen MR) is 81.1 cm³/mol. The highest BCUT2D eigenvalue weighted by Gasteiger charge is 2.14. The lowest BCUT2D eigenvalue weighted by atomic mass is 10.1. The number of para-hydroxylation sites is 1. The van der Waals surface area contributed by atoms with E-state index in [0.29, 0.717) is 17.2 Å². The lowest BCUT2D eigenvalue weighted by molar-refractivity contribution is 0.953. The molecule has 0 amide bonds. The maximum Gasteiger partial charge on any atom is 0.168 e. The number of benzene rings is 2. The van der Waals surface area contributed by atoms with E-state index in [1.807, 2.05) is 47.0 Å². The van der Waals surface area contributed by atoms with Crippen LogP contribution in [0.2, 0.25) is 0 Å². The van der Waals surface area contributed by atoms with Crippen molar-refractivity contribution in [3.63, 3.8) is 0 Å². The molecule has 0 saturated carbocycles. The minimum atomic E-state index is 0.264. The summed E-state index contributed by atoms with van der Waals surface area (Å²) in [5.41, 5.74) is 2.36. The smallest absolute Gasteiger partial charge is 0.168 e. The Morgan fingerprint density at radius 3 is 2.57 bits per heavy atom. The van der Waals surface area contributed by atoms with Gasteiger partial charge in [0.1, 0.15) is 0 Å². The van der Waals surface area contributed by atoms with Crippen molar-refractivity contribution < 1.29 is 0 Å². The molecule has 0 unspecified atom stereocenters. The number of nitrogens with zero attached hydrogens (tertiary/aromatic N) is 4. The van der Waals surface area contributed by atoms with Gasteiger partial charge in [0, 0.05) is 11.3 Å². The first-order valence-electron chi connectivity index (χ1n) is 6.39. The topological polar surface area (TPSA) is 54.5 Å². The van der Waals surface area contributed by atoms with Gasteiger partial charge < -0.3 is 0 Å². The molecule has 3 rings (SSSR count). The molecule has 0 aliphatic rings. The van der Waals surface area contributed by atoms with Crippen molar-refractivity contribution in [1.82, 2.24) is 14.8 Å². The molecular weight excluding hydrogens is 284 g/mol.